The number of aryl methyl sites for hydroxylation is 2. The predicted octanol–water partition coefficient (Wildman–Crippen LogP) is 3.84. The van der Waals surface area contributed by atoms with Gasteiger partial charge in [0.25, 0.3) is 0 Å². The summed E-state index contributed by atoms with van der Waals surface area (Å²) in [6.07, 6.45) is 0. The van der Waals surface area contributed by atoms with Crippen molar-refractivity contribution in [2.75, 3.05) is 12.8 Å². The Morgan fingerprint density at radius 3 is 2.36 bits per heavy atom. The van der Waals surface area contributed by atoms with Crippen LogP contribution in [0.2, 0.25) is 0 Å². The van der Waals surface area contributed by atoms with Crippen molar-refractivity contribution in [3.05, 3.63) is 69.8 Å². The number of nitrogen functional groups attached to an aromatic ring is 1. The van der Waals surface area contributed by atoms with Crippen molar-refractivity contribution in [3.8, 4) is 0 Å². The van der Waals surface area contributed by atoms with Gasteiger partial charge in [0, 0.05) is 34.0 Å². The molecule has 4 rings (SSSR count). The highest BCUT2D eigenvalue weighted by Crippen LogP contribution is 2.48. The van der Waals surface area contributed by atoms with Crippen molar-refractivity contribution < 1.29 is 14.3 Å². The SMILES string of the molecule is COC(=O)[C@H]1C(C)=NC2=C(C(=O)c3cc(N)ccc32)C1c1cc(C)cc(C)c1. The van der Waals surface area contributed by atoms with Crippen molar-refractivity contribution in [1.29, 1.82) is 0 Å². The van der Waals surface area contributed by atoms with E-state index in [4.69, 9.17) is 10.5 Å². The van der Waals surface area contributed by atoms with Gasteiger partial charge in [-0.3, -0.25) is 14.6 Å². The molecule has 2 aromatic rings. The number of Topliss-reactive ketones (excluding diaryl/α,β-unsaturated/α-hetero) is 1. The number of nitrogens with zero attached hydrogens (tertiary/aromatic N) is 1. The Kier molecular flexibility index (Phi) is 4.18. The first kappa shape index (κ1) is 18.2. The number of fused-ring (bicyclic) bond motifs is 2. The van der Waals surface area contributed by atoms with Gasteiger partial charge >= 0.3 is 5.97 Å². The summed E-state index contributed by atoms with van der Waals surface area (Å²) >= 11 is 0. The summed E-state index contributed by atoms with van der Waals surface area (Å²) in [5, 5.41) is 0. The average molecular weight is 374 g/mol. The van der Waals surface area contributed by atoms with Crippen LogP contribution < -0.4 is 5.73 Å². The molecule has 2 aromatic carbocycles. The summed E-state index contributed by atoms with van der Waals surface area (Å²) in [5.74, 6) is -1.59. The quantitative estimate of drug-likeness (QED) is 0.640. The minimum atomic E-state index is -0.638. The van der Waals surface area contributed by atoms with E-state index >= 15 is 0 Å². The molecular formula is C23H22N2O3. The molecule has 2 aliphatic rings. The van der Waals surface area contributed by atoms with Gasteiger partial charge in [-0.25, -0.2) is 0 Å². The van der Waals surface area contributed by atoms with Crippen LogP contribution in [0.4, 0.5) is 5.69 Å². The summed E-state index contributed by atoms with van der Waals surface area (Å²) in [6, 6.07) is 11.4. The fraction of sp³-hybridized carbons (Fsp3) is 0.261. The van der Waals surface area contributed by atoms with Crippen LogP contribution in [0.3, 0.4) is 0 Å². The largest absolute Gasteiger partial charge is 0.468 e. The van der Waals surface area contributed by atoms with E-state index < -0.39 is 11.8 Å². The number of methoxy groups -OCH3 is 1. The molecule has 1 aliphatic heterocycles. The zero-order chi connectivity index (χ0) is 20.2. The first-order chi connectivity index (χ1) is 13.3. The van der Waals surface area contributed by atoms with E-state index in [0.29, 0.717) is 28.2 Å². The molecule has 0 fully saturated rings. The molecule has 5 nitrogen and oxygen atoms in total. The van der Waals surface area contributed by atoms with Crippen molar-refractivity contribution in [1.82, 2.24) is 0 Å². The Morgan fingerprint density at radius 1 is 1.04 bits per heavy atom. The van der Waals surface area contributed by atoms with Crippen LogP contribution in [0, 0.1) is 19.8 Å². The van der Waals surface area contributed by atoms with Gasteiger partial charge in [0.2, 0.25) is 0 Å². The van der Waals surface area contributed by atoms with Gasteiger partial charge < -0.3 is 10.5 Å². The number of aliphatic imine (C=N–C) groups is 1. The summed E-state index contributed by atoms with van der Waals surface area (Å²) < 4.78 is 5.08. The molecule has 0 radical (unpaired) electrons. The first-order valence-corrected chi connectivity index (χ1v) is 9.21. The fourth-order valence-corrected chi connectivity index (χ4v) is 4.40. The maximum Gasteiger partial charge on any atom is 0.315 e. The molecule has 0 aromatic heterocycles. The Morgan fingerprint density at radius 2 is 1.71 bits per heavy atom. The lowest BCUT2D eigenvalue weighted by Crippen LogP contribution is -2.34. The third kappa shape index (κ3) is 2.66. The van der Waals surface area contributed by atoms with Gasteiger partial charge in [-0.1, -0.05) is 35.4 Å². The third-order valence-corrected chi connectivity index (χ3v) is 5.48. The maximum absolute atomic E-state index is 13.4. The molecule has 142 valence electrons. The Balaban J connectivity index is 1.98. The second-order valence-corrected chi connectivity index (χ2v) is 7.55. The maximum atomic E-state index is 13.4. The molecule has 5 heteroatoms. The highest BCUT2D eigenvalue weighted by atomic mass is 16.5. The first-order valence-electron chi connectivity index (χ1n) is 9.21. The molecule has 28 heavy (non-hydrogen) atoms. The molecule has 0 bridgehead atoms. The smallest absolute Gasteiger partial charge is 0.315 e. The lowest BCUT2D eigenvalue weighted by molar-refractivity contribution is -0.143. The molecule has 1 unspecified atom stereocenters. The van der Waals surface area contributed by atoms with E-state index in [0.717, 1.165) is 22.3 Å². The normalized spacial score (nSPS) is 20.6. The van der Waals surface area contributed by atoms with Crippen LogP contribution in [-0.4, -0.2) is 24.6 Å². The Bertz CT molecular complexity index is 1070. The molecule has 2 N–H and O–H groups in total. The number of benzene rings is 2. The standard InChI is InChI=1S/C23H22N2O3/c1-11-7-12(2)9-14(8-11)19-18(23(27)28-4)13(3)25-21-16-6-5-15(24)10-17(16)22(26)20(19)21/h5-10,18-19H,24H2,1-4H3/t18-,19?/m0/s1. The van der Waals surface area contributed by atoms with Gasteiger partial charge in [-0.05, 0) is 38.5 Å². The van der Waals surface area contributed by atoms with Crippen molar-refractivity contribution in [2.24, 2.45) is 10.9 Å². The third-order valence-electron chi connectivity index (χ3n) is 5.48. The number of rotatable bonds is 2. The van der Waals surface area contributed by atoms with Crippen LogP contribution in [-0.2, 0) is 9.53 Å². The van der Waals surface area contributed by atoms with Crippen LogP contribution in [0.1, 0.15) is 45.5 Å². The number of allylic oxidation sites excluding steroid dienone is 1. The number of carbonyl (C=O) groups excluding carboxylic acids is 2. The monoisotopic (exact) mass is 374 g/mol. The summed E-state index contributed by atoms with van der Waals surface area (Å²) in [6.45, 7) is 5.84. The predicted molar refractivity (Wildman–Crippen MR) is 109 cm³/mol. The number of nitrogens with two attached hydrogens (primary N) is 1. The number of ketones is 1. The van der Waals surface area contributed by atoms with E-state index in [1.807, 2.05) is 39.0 Å². The van der Waals surface area contributed by atoms with Crippen molar-refractivity contribution in [3.63, 3.8) is 0 Å². The Hall–Kier alpha value is -3.21. The molecule has 0 saturated carbocycles. The average Bonchev–Trinajstić information content (AvgIpc) is 2.90. The zero-order valence-electron chi connectivity index (χ0n) is 16.4. The van der Waals surface area contributed by atoms with E-state index in [2.05, 4.69) is 11.1 Å². The molecular weight excluding hydrogens is 352 g/mol. The van der Waals surface area contributed by atoms with Gasteiger partial charge in [-0.15, -0.1) is 0 Å². The van der Waals surface area contributed by atoms with Gasteiger partial charge in [0.05, 0.1) is 12.8 Å². The fourth-order valence-electron chi connectivity index (χ4n) is 4.40. The number of esters is 1. The van der Waals surface area contributed by atoms with E-state index in [1.54, 1.807) is 12.1 Å². The molecule has 0 spiro atoms. The van der Waals surface area contributed by atoms with Crippen LogP contribution in [0.15, 0.2) is 47.0 Å². The van der Waals surface area contributed by atoms with Gasteiger partial charge in [0.1, 0.15) is 5.92 Å². The lowest BCUT2D eigenvalue weighted by Gasteiger charge is -2.30. The van der Waals surface area contributed by atoms with Crippen LogP contribution in [0.5, 0.6) is 0 Å². The summed E-state index contributed by atoms with van der Waals surface area (Å²) in [5.41, 5.74) is 12.7. The molecule has 2 atom stereocenters. The number of hydrogen-bond acceptors (Lipinski definition) is 5. The number of carbonyl (C=O) groups is 2. The van der Waals surface area contributed by atoms with Crippen molar-refractivity contribution in [2.45, 2.75) is 26.7 Å². The van der Waals surface area contributed by atoms with Crippen molar-refractivity contribution >= 4 is 28.8 Å². The van der Waals surface area contributed by atoms with Gasteiger partial charge in [-0.2, -0.15) is 0 Å². The minimum absolute atomic E-state index is 0.119. The highest BCUT2D eigenvalue weighted by molar-refractivity contribution is 6.25. The number of ether oxygens (including phenoxy) is 1. The molecule has 0 amide bonds. The summed E-state index contributed by atoms with van der Waals surface area (Å²) in [7, 11) is 1.37. The highest BCUT2D eigenvalue weighted by Gasteiger charge is 2.46. The molecule has 0 saturated heterocycles. The van der Waals surface area contributed by atoms with E-state index in [1.165, 1.54) is 7.11 Å². The van der Waals surface area contributed by atoms with Gasteiger partial charge in [0.15, 0.2) is 5.78 Å². The summed E-state index contributed by atoms with van der Waals surface area (Å²) in [4.78, 5) is 30.7. The second kappa shape index (κ2) is 6.44. The topological polar surface area (TPSA) is 81.8 Å². The number of hydrogen-bond donors (Lipinski definition) is 1. The molecule has 1 heterocycles. The van der Waals surface area contributed by atoms with E-state index in [-0.39, 0.29) is 11.8 Å². The second-order valence-electron chi connectivity index (χ2n) is 7.55. The van der Waals surface area contributed by atoms with Crippen LogP contribution >= 0.6 is 0 Å². The van der Waals surface area contributed by atoms with E-state index in [9.17, 15) is 9.59 Å². The van der Waals surface area contributed by atoms with Crippen LogP contribution in [0.25, 0.3) is 5.70 Å². The molecule has 1 aliphatic carbocycles. The number of anilines is 1. The minimum Gasteiger partial charge on any atom is -0.468 e. The Labute approximate surface area is 163 Å². The zero-order valence-corrected chi connectivity index (χ0v) is 16.4. The lowest BCUT2D eigenvalue weighted by atomic mass is 9.74.